The van der Waals surface area contributed by atoms with E-state index in [1.165, 1.54) is 0 Å². The van der Waals surface area contributed by atoms with Gasteiger partial charge in [-0.3, -0.25) is 0 Å². The van der Waals surface area contributed by atoms with Crippen molar-refractivity contribution in [2.45, 2.75) is 32.8 Å². The first kappa shape index (κ1) is 14.3. The van der Waals surface area contributed by atoms with E-state index in [-0.39, 0.29) is 5.28 Å². The summed E-state index contributed by atoms with van der Waals surface area (Å²) in [6.07, 6.45) is 2.44. The fraction of sp³-hybridized carbons (Fsp3) is 0.750. The highest BCUT2D eigenvalue weighted by atomic mass is 35.5. The van der Waals surface area contributed by atoms with Gasteiger partial charge >= 0.3 is 0 Å². The molecule has 0 spiro atoms. The average Bonchev–Trinajstić information content (AvgIpc) is 2.83. The van der Waals surface area contributed by atoms with Crippen molar-refractivity contribution in [3.63, 3.8) is 0 Å². The molecule has 1 aliphatic heterocycles. The third-order valence-electron chi connectivity index (χ3n) is 3.21. The number of anilines is 2. The highest BCUT2D eigenvalue weighted by molar-refractivity contribution is 6.28. The molecular formula is C12H20ClN5O. The molecule has 2 rings (SSSR count). The number of nitrogens with one attached hydrogen (secondary N) is 2. The van der Waals surface area contributed by atoms with Crippen molar-refractivity contribution >= 4 is 23.5 Å². The maximum absolute atomic E-state index is 5.87. The van der Waals surface area contributed by atoms with E-state index < -0.39 is 0 Å². The van der Waals surface area contributed by atoms with Crippen molar-refractivity contribution < 1.29 is 4.74 Å². The Bertz CT molecular complexity index is 417. The van der Waals surface area contributed by atoms with Crippen LogP contribution in [0.5, 0.6) is 0 Å². The number of ether oxygens (including phenoxy) is 1. The van der Waals surface area contributed by atoms with Crippen LogP contribution in [0.15, 0.2) is 0 Å². The van der Waals surface area contributed by atoms with Crippen LogP contribution in [0.2, 0.25) is 5.28 Å². The van der Waals surface area contributed by atoms with Crippen LogP contribution in [0, 0.1) is 5.92 Å². The molecule has 1 aromatic rings. The normalized spacial score (nSPS) is 22.5. The molecule has 2 heterocycles. The minimum Gasteiger partial charge on any atom is -0.378 e. The quantitative estimate of drug-likeness (QED) is 0.835. The second-order valence-corrected chi connectivity index (χ2v) is 4.87. The van der Waals surface area contributed by atoms with Gasteiger partial charge in [0.05, 0.1) is 6.10 Å². The van der Waals surface area contributed by atoms with E-state index in [0.29, 0.717) is 23.9 Å². The third-order valence-corrected chi connectivity index (χ3v) is 3.38. The van der Waals surface area contributed by atoms with Crippen LogP contribution < -0.4 is 10.6 Å². The highest BCUT2D eigenvalue weighted by Gasteiger charge is 2.26. The lowest BCUT2D eigenvalue weighted by atomic mass is 10.00. The Kier molecular flexibility index (Phi) is 5.15. The molecule has 6 nitrogen and oxygen atoms in total. The van der Waals surface area contributed by atoms with Crippen molar-refractivity contribution in [1.29, 1.82) is 0 Å². The monoisotopic (exact) mass is 285 g/mol. The van der Waals surface area contributed by atoms with Gasteiger partial charge in [0, 0.05) is 25.6 Å². The number of aromatic nitrogens is 3. The minimum atomic E-state index is 0.197. The molecule has 2 N–H and O–H groups in total. The van der Waals surface area contributed by atoms with E-state index in [1.807, 2.05) is 6.92 Å². The molecule has 7 heteroatoms. The van der Waals surface area contributed by atoms with E-state index in [4.69, 9.17) is 16.3 Å². The molecule has 2 atom stereocenters. The zero-order chi connectivity index (χ0) is 13.7. The first-order valence-corrected chi connectivity index (χ1v) is 7.11. The van der Waals surface area contributed by atoms with Crippen molar-refractivity contribution in [2.24, 2.45) is 5.92 Å². The van der Waals surface area contributed by atoms with Gasteiger partial charge in [-0.25, -0.2) is 0 Å². The Hall–Kier alpha value is -1.14. The van der Waals surface area contributed by atoms with Crippen LogP contribution in [-0.2, 0) is 4.74 Å². The van der Waals surface area contributed by atoms with Gasteiger partial charge in [-0.15, -0.1) is 0 Å². The molecule has 1 aliphatic rings. The first-order valence-electron chi connectivity index (χ1n) is 6.73. The second-order valence-electron chi connectivity index (χ2n) is 4.53. The van der Waals surface area contributed by atoms with Crippen LogP contribution in [-0.4, -0.2) is 40.8 Å². The molecule has 1 aromatic heterocycles. The maximum atomic E-state index is 5.87. The number of halogens is 1. The summed E-state index contributed by atoms with van der Waals surface area (Å²) in [5.74, 6) is 1.51. The molecule has 0 aromatic carbocycles. The SMILES string of the molecule is CCNc1nc(Cl)nc(NCC2CCOC2CC)n1. The first-order chi connectivity index (χ1) is 9.22. The van der Waals surface area contributed by atoms with Gasteiger partial charge in [-0.1, -0.05) is 6.92 Å². The van der Waals surface area contributed by atoms with Gasteiger partial charge in [-0.05, 0) is 31.4 Å². The van der Waals surface area contributed by atoms with Gasteiger partial charge < -0.3 is 15.4 Å². The Morgan fingerprint density at radius 3 is 2.63 bits per heavy atom. The number of hydrogen-bond acceptors (Lipinski definition) is 6. The summed E-state index contributed by atoms with van der Waals surface area (Å²) in [6.45, 7) is 6.50. The summed E-state index contributed by atoms with van der Waals surface area (Å²) in [4.78, 5) is 12.3. The summed E-state index contributed by atoms with van der Waals surface area (Å²) in [5.41, 5.74) is 0. The summed E-state index contributed by atoms with van der Waals surface area (Å²) in [5, 5.41) is 6.45. The molecule has 0 radical (unpaired) electrons. The van der Waals surface area contributed by atoms with E-state index in [1.54, 1.807) is 0 Å². The molecule has 0 bridgehead atoms. The van der Waals surface area contributed by atoms with Gasteiger partial charge in [0.15, 0.2) is 0 Å². The third kappa shape index (κ3) is 3.91. The van der Waals surface area contributed by atoms with Gasteiger partial charge in [0.2, 0.25) is 17.2 Å². The molecule has 0 saturated carbocycles. The molecule has 0 aliphatic carbocycles. The molecule has 0 amide bonds. The molecule has 19 heavy (non-hydrogen) atoms. The van der Waals surface area contributed by atoms with Crippen molar-refractivity contribution in [1.82, 2.24) is 15.0 Å². The van der Waals surface area contributed by atoms with Crippen molar-refractivity contribution in [2.75, 3.05) is 30.3 Å². The molecular weight excluding hydrogens is 266 g/mol. The van der Waals surface area contributed by atoms with Crippen molar-refractivity contribution in [3.8, 4) is 0 Å². The molecule has 1 saturated heterocycles. The lowest BCUT2D eigenvalue weighted by Crippen LogP contribution is -2.23. The average molecular weight is 286 g/mol. The summed E-state index contributed by atoms with van der Waals surface area (Å²) in [6, 6.07) is 0. The lowest BCUT2D eigenvalue weighted by Gasteiger charge is -2.17. The predicted molar refractivity (Wildman–Crippen MR) is 75.6 cm³/mol. The van der Waals surface area contributed by atoms with Gasteiger partial charge in [0.25, 0.3) is 0 Å². The lowest BCUT2D eigenvalue weighted by molar-refractivity contribution is 0.0900. The van der Waals surface area contributed by atoms with Gasteiger partial charge in [0.1, 0.15) is 0 Å². The number of nitrogens with zero attached hydrogens (tertiary/aromatic N) is 3. The summed E-state index contributed by atoms with van der Waals surface area (Å²) in [7, 11) is 0. The van der Waals surface area contributed by atoms with Crippen LogP contribution in [0.1, 0.15) is 26.7 Å². The number of rotatable bonds is 6. The zero-order valence-corrected chi connectivity index (χ0v) is 12.1. The molecule has 2 unspecified atom stereocenters. The Morgan fingerprint density at radius 1 is 1.21 bits per heavy atom. The van der Waals surface area contributed by atoms with E-state index in [9.17, 15) is 0 Å². The van der Waals surface area contributed by atoms with Crippen LogP contribution in [0.3, 0.4) is 0 Å². The standard InChI is InChI=1S/C12H20ClN5O/c1-3-9-8(5-6-19-9)7-15-12-17-10(13)16-11(18-12)14-4-2/h8-9H,3-7H2,1-2H3,(H2,14,15,16,17,18). The Morgan fingerprint density at radius 2 is 1.95 bits per heavy atom. The highest BCUT2D eigenvalue weighted by Crippen LogP contribution is 2.23. The van der Waals surface area contributed by atoms with Crippen LogP contribution in [0.4, 0.5) is 11.9 Å². The fourth-order valence-electron chi connectivity index (χ4n) is 2.27. The topological polar surface area (TPSA) is 72.0 Å². The summed E-state index contributed by atoms with van der Waals surface area (Å²) >= 11 is 5.87. The molecule has 1 fully saturated rings. The van der Waals surface area contributed by atoms with E-state index in [2.05, 4.69) is 32.5 Å². The largest absolute Gasteiger partial charge is 0.378 e. The molecule has 106 valence electrons. The van der Waals surface area contributed by atoms with Crippen LogP contribution >= 0.6 is 11.6 Å². The summed E-state index contributed by atoms with van der Waals surface area (Å²) < 4.78 is 5.66. The fourth-order valence-corrected chi connectivity index (χ4v) is 2.43. The van der Waals surface area contributed by atoms with E-state index in [0.717, 1.165) is 32.5 Å². The second kappa shape index (κ2) is 6.86. The van der Waals surface area contributed by atoms with E-state index >= 15 is 0 Å². The Labute approximate surface area is 118 Å². The Balaban J connectivity index is 1.95. The number of hydrogen-bond donors (Lipinski definition) is 2. The maximum Gasteiger partial charge on any atom is 0.228 e. The van der Waals surface area contributed by atoms with Crippen LogP contribution in [0.25, 0.3) is 0 Å². The smallest absolute Gasteiger partial charge is 0.228 e. The zero-order valence-electron chi connectivity index (χ0n) is 11.3. The van der Waals surface area contributed by atoms with Gasteiger partial charge in [-0.2, -0.15) is 15.0 Å². The van der Waals surface area contributed by atoms with Crippen molar-refractivity contribution in [3.05, 3.63) is 5.28 Å². The minimum absolute atomic E-state index is 0.197. The predicted octanol–water partition coefficient (Wildman–Crippen LogP) is 2.18.